The molecule has 0 spiro atoms. The lowest BCUT2D eigenvalue weighted by Crippen LogP contribution is -2.51. The van der Waals surface area contributed by atoms with Crippen LogP contribution in [0.15, 0.2) is 54.6 Å². The molecular weight excluding hydrogens is 452 g/mol. The van der Waals surface area contributed by atoms with Gasteiger partial charge in [0.15, 0.2) is 0 Å². The molecule has 7 nitrogen and oxygen atoms in total. The number of hydrogen-bond donors (Lipinski definition) is 3. The van der Waals surface area contributed by atoms with Crippen molar-refractivity contribution >= 4 is 23.4 Å². The maximum Gasteiger partial charge on any atom is 0.247 e. The minimum atomic E-state index is -0.704. The molecule has 2 atom stereocenters. The number of carbonyl (C=O) groups is 3. The predicted octanol–water partition coefficient (Wildman–Crippen LogP) is 3.53. The lowest BCUT2D eigenvalue weighted by Gasteiger charge is -2.33. The van der Waals surface area contributed by atoms with Gasteiger partial charge in [-0.15, -0.1) is 0 Å². The molecule has 2 aromatic rings. The van der Waals surface area contributed by atoms with Gasteiger partial charge in [0.2, 0.25) is 17.7 Å². The van der Waals surface area contributed by atoms with Gasteiger partial charge in [-0.05, 0) is 54.9 Å². The Kier molecular flexibility index (Phi) is 10.1. The van der Waals surface area contributed by atoms with Gasteiger partial charge in [-0.3, -0.25) is 14.4 Å². The van der Waals surface area contributed by atoms with E-state index in [4.69, 9.17) is 5.73 Å². The highest BCUT2D eigenvalue weighted by atomic mass is 16.2. The van der Waals surface area contributed by atoms with E-state index in [0.717, 1.165) is 12.0 Å². The van der Waals surface area contributed by atoms with Crippen molar-refractivity contribution in [1.82, 2.24) is 10.2 Å². The van der Waals surface area contributed by atoms with Gasteiger partial charge < -0.3 is 21.3 Å². The van der Waals surface area contributed by atoms with Crippen LogP contribution < -0.4 is 16.4 Å². The maximum absolute atomic E-state index is 13.2. The zero-order chi connectivity index (χ0) is 26.1. The number of nitrogens with one attached hydrogen (secondary N) is 2. The molecule has 1 heterocycles. The number of rotatable bonds is 10. The highest BCUT2D eigenvalue weighted by molar-refractivity contribution is 5.97. The Morgan fingerprint density at radius 1 is 0.972 bits per heavy atom. The van der Waals surface area contributed by atoms with Gasteiger partial charge in [-0.2, -0.15) is 0 Å². The monoisotopic (exact) mass is 492 g/mol. The van der Waals surface area contributed by atoms with E-state index in [0.29, 0.717) is 50.4 Å². The minimum absolute atomic E-state index is 0.0435. The molecule has 36 heavy (non-hydrogen) atoms. The molecule has 3 rings (SSSR count). The van der Waals surface area contributed by atoms with Crippen LogP contribution in [0.1, 0.15) is 51.2 Å². The molecule has 2 aromatic carbocycles. The molecule has 7 heteroatoms. The van der Waals surface area contributed by atoms with E-state index in [2.05, 4.69) is 17.6 Å². The van der Waals surface area contributed by atoms with Crippen molar-refractivity contribution in [2.24, 2.45) is 17.6 Å². The van der Waals surface area contributed by atoms with Crippen LogP contribution in [-0.2, 0) is 27.2 Å². The molecule has 194 valence electrons. The summed E-state index contributed by atoms with van der Waals surface area (Å²) in [5.74, 6) is -0.331. The highest BCUT2D eigenvalue weighted by Crippen LogP contribution is 2.20. The third kappa shape index (κ3) is 7.92. The quantitative estimate of drug-likeness (QED) is 0.472. The Labute approximate surface area is 214 Å². The average Bonchev–Trinajstić information content (AvgIpc) is 2.88. The summed E-state index contributed by atoms with van der Waals surface area (Å²) >= 11 is 0. The number of likely N-dealkylation sites (tertiary alicyclic amines) is 1. The third-order valence-electron chi connectivity index (χ3n) is 6.77. The van der Waals surface area contributed by atoms with E-state index in [1.807, 2.05) is 68.4 Å². The van der Waals surface area contributed by atoms with Crippen molar-refractivity contribution in [3.05, 3.63) is 65.7 Å². The zero-order valence-corrected chi connectivity index (χ0v) is 21.7. The fraction of sp³-hybridized carbons (Fsp3) is 0.483. The third-order valence-corrected chi connectivity index (χ3v) is 6.77. The normalized spacial score (nSPS) is 15.9. The summed E-state index contributed by atoms with van der Waals surface area (Å²) in [7, 11) is 0. The molecule has 0 aromatic heterocycles. The van der Waals surface area contributed by atoms with E-state index >= 15 is 0 Å². The summed E-state index contributed by atoms with van der Waals surface area (Å²) in [5.41, 5.74) is 8.95. The predicted molar refractivity (Wildman–Crippen MR) is 143 cm³/mol. The fourth-order valence-corrected chi connectivity index (χ4v) is 4.61. The number of carbonyl (C=O) groups excluding carboxylic acids is 3. The van der Waals surface area contributed by atoms with Crippen LogP contribution >= 0.6 is 0 Å². The number of anilines is 1. The van der Waals surface area contributed by atoms with Crippen LogP contribution in [-0.4, -0.2) is 47.8 Å². The summed E-state index contributed by atoms with van der Waals surface area (Å²) in [5, 5.41) is 5.94. The Morgan fingerprint density at radius 3 is 2.19 bits per heavy atom. The smallest absolute Gasteiger partial charge is 0.247 e. The second kappa shape index (κ2) is 13.2. The van der Waals surface area contributed by atoms with Crippen molar-refractivity contribution in [3.8, 4) is 0 Å². The van der Waals surface area contributed by atoms with Crippen LogP contribution in [0, 0.1) is 11.8 Å². The second-order valence-corrected chi connectivity index (χ2v) is 10.1. The first-order valence-corrected chi connectivity index (χ1v) is 13.0. The molecule has 0 saturated carbocycles. The Hall–Kier alpha value is -3.19. The lowest BCUT2D eigenvalue weighted by atomic mass is 9.94. The molecule has 2 unspecified atom stereocenters. The molecule has 4 N–H and O–H groups in total. The number of nitrogens with two attached hydrogens (primary N) is 1. The van der Waals surface area contributed by atoms with E-state index in [9.17, 15) is 14.4 Å². The van der Waals surface area contributed by atoms with Gasteiger partial charge in [-0.25, -0.2) is 0 Å². The average molecular weight is 493 g/mol. The fourth-order valence-electron chi connectivity index (χ4n) is 4.61. The van der Waals surface area contributed by atoms with E-state index < -0.39 is 12.1 Å². The van der Waals surface area contributed by atoms with Crippen molar-refractivity contribution in [1.29, 1.82) is 0 Å². The molecular formula is C29H40N4O3. The van der Waals surface area contributed by atoms with Crippen LogP contribution in [0.5, 0.6) is 0 Å². The largest absolute Gasteiger partial charge is 0.344 e. The van der Waals surface area contributed by atoms with E-state index in [1.54, 1.807) is 4.90 Å². The SMILES string of the molecule is CCc1ccc(NC(=O)C(Cc2ccccc2)NC(=O)C2CCN(C(=O)C(N)CC(C)C)CC2)cc1. The first-order chi connectivity index (χ1) is 17.3. The summed E-state index contributed by atoms with van der Waals surface area (Å²) in [6, 6.07) is 16.2. The van der Waals surface area contributed by atoms with Crippen LogP contribution in [0.3, 0.4) is 0 Å². The number of piperidine rings is 1. The number of benzene rings is 2. The highest BCUT2D eigenvalue weighted by Gasteiger charge is 2.31. The number of aryl methyl sites for hydroxylation is 1. The number of nitrogens with zero attached hydrogens (tertiary/aromatic N) is 1. The van der Waals surface area contributed by atoms with E-state index in [1.165, 1.54) is 5.56 Å². The van der Waals surface area contributed by atoms with Gasteiger partial charge >= 0.3 is 0 Å². The molecule has 0 aliphatic carbocycles. The van der Waals surface area contributed by atoms with Gasteiger partial charge in [0.1, 0.15) is 6.04 Å². The molecule has 0 bridgehead atoms. The van der Waals surface area contributed by atoms with E-state index in [-0.39, 0.29) is 23.6 Å². The van der Waals surface area contributed by atoms with Crippen molar-refractivity contribution in [3.63, 3.8) is 0 Å². The Bertz CT molecular complexity index is 999. The first kappa shape index (κ1) is 27.4. The van der Waals surface area contributed by atoms with Crippen molar-refractivity contribution in [2.75, 3.05) is 18.4 Å². The second-order valence-electron chi connectivity index (χ2n) is 10.1. The van der Waals surface area contributed by atoms with Gasteiger partial charge in [0.05, 0.1) is 6.04 Å². The summed E-state index contributed by atoms with van der Waals surface area (Å²) in [4.78, 5) is 40.8. The summed E-state index contributed by atoms with van der Waals surface area (Å²) in [6.45, 7) is 7.18. The topological polar surface area (TPSA) is 105 Å². The van der Waals surface area contributed by atoms with Crippen LogP contribution in [0.2, 0.25) is 0 Å². The standard InChI is InChI=1S/C29H40N4O3/c1-4-21-10-12-24(13-11-21)31-28(35)26(19-22-8-6-5-7-9-22)32-27(34)23-14-16-33(17-15-23)29(36)25(30)18-20(2)3/h5-13,20,23,25-26H,4,14-19,30H2,1-3H3,(H,31,35)(H,32,34). The summed E-state index contributed by atoms with van der Waals surface area (Å²) < 4.78 is 0. The molecule has 1 aliphatic heterocycles. The van der Waals surface area contributed by atoms with Crippen molar-refractivity contribution in [2.45, 2.75) is 65.0 Å². The minimum Gasteiger partial charge on any atom is -0.344 e. The van der Waals surface area contributed by atoms with Crippen LogP contribution in [0.4, 0.5) is 5.69 Å². The Morgan fingerprint density at radius 2 is 1.61 bits per heavy atom. The van der Waals surface area contributed by atoms with Gasteiger partial charge in [0, 0.05) is 31.1 Å². The van der Waals surface area contributed by atoms with Crippen molar-refractivity contribution < 1.29 is 14.4 Å². The first-order valence-electron chi connectivity index (χ1n) is 13.0. The van der Waals surface area contributed by atoms with Gasteiger partial charge in [-0.1, -0.05) is 63.2 Å². The molecule has 1 aliphatic rings. The number of hydrogen-bond acceptors (Lipinski definition) is 4. The molecule has 0 radical (unpaired) electrons. The lowest BCUT2D eigenvalue weighted by molar-refractivity contribution is -0.137. The molecule has 1 saturated heterocycles. The molecule has 3 amide bonds. The summed E-state index contributed by atoms with van der Waals surface area (Å²) in [6.07, 6.45) is 3.09. The molecule has 1 fully saturated rings. The number of amides is 3. The van der Waals surface area contributed by atoms with Gasteiger partial charge in [0.25, 0.3) is 0 Å². The Balaban J connectivity index is 1.62. The van der Waals surface area contributed by atoms with Crippen LogP contribution in [0.25, 0.3) is 0 Å². The zero-order valence-electron chi connectivity index (χ0n) is 21.7. The maximum atomic E-state index is 13.2.